The number of ether oxygens (including phenoxy) is 3. The number of likely N-dealkylation sites (N-methyl/N-ethyl adjacent to an activating group) is 2. The smallest absolute Gasteiger partial charge is 0.193 e. The molecule has 1 aromatic carbocycles. The van der Waals surface area contributed by atoms with Crippen LogP contribution in [0.2, 0.25) is 0 Å². The number of guanidine groups is 1. The molecule has 8 heteroatoms. The molecule has 0 radical (unpaired) electrons. The summed E-state index contributed by atoms with van der Waals surface area (Å²) in [5, 5.41) is 3.39. The molecule has 2 rings (SSSR count). The molecule has 1 fully saturated rings. The SMILES string of the molecule is CCNC(=NCC(c1ccc(OC)c(OC)c1)N(C)C)N(C)CCOCC1CC1.I. The second-order valence-corrected chi connectivity index (χ2v) is 7.73. The van der Waals surface area contributed by atoms with Crippen molar-refractivity contribution in [2.75, 3.05) is 68.2 Å². The van der Waals surface area contributed by atoms with Crippen LogP contribution in [0.15, 0.2) is 23.2 Å². The minimum absolute atomic E-state index is 0. The fourth-order valence-corrected chi connectivity index (χ4v) is 3.11. The quantitative estimate of drug-likeness (QED) is 0.192. The average molecular weight is 534 g/mol. The largest absolute Gasteiger partial charge is 0.493 e. The zero-order valence-corrected chi connectivity index (χ0v) is 21.6. The van der Waals surface area contributed by atoms with Gasteiger partial charge in [-0.2, -0.15) is 0 Å². The Morgan fingerprint density at radius 1 is 1.17 bits per heavy atom. The molecule has 7 nitrogen and oxygen atoms in total. The van der Waals surface area contributed by atoms with Gasteiger partial charge >= 0.3 is 0 Å². The van der Waals surface area contributed by atoms with Crippen LogP contribution >= 0.6 is 24.0 Å². The number of hydrogen-bond acceptors (Lipinski definition) is 5. The van der Waals surface area contributed by atoms with E-state index >= 15 is 0 Å². The summed E-state index contributed by atoms with van der Waals surface area (Å²) in [6.45, 7) is 5.99. The molecule has 172 valence electrons. The van der Waals surface area contributed by atoms with E-state index < -0.39 is 0 Å². The van der Waals surface area contributed by atoms with E-state index in [4.69, 9.17) is 19.2 Å². The lowest BCUT2D eigenvalue weighted by Crippen LogP contribution is -2.41. The molecule has 0 heterocycles. The lowest BCUT2D eigenvalue weighted by molar-refractivity contribution is 0.115. The maximum Gasteiger partial charge on any atom is 0.193 e. The number of methoxy groups -OCH3 is 2. The van der Waals surface area contributed by atoms with Gasteiger partial charge in [-0.15, -0.1) is 24.0 Å². The summed E-state index contributed by atoms with van der Waals surface area (Å²) in [5.41, 5.74) is 1.14. The Hall–Kier alpha value is -1.26. The van der Waals surface area contributed by atoms with Crippen LogP contribution < -0.4 is 14.8 Å². The van der Waals surface area contributed by atoms with Gasteiger partial charge in [-0.05, 0) is 57.5 Å². The number of benzene rings is 1. The predicted octanol–water partition coefficient (Wildman–Crippen LogP) is 3.25. The van der Waals surface area contributed by atoms with Gasteiger partial charge in [0.05, 0.1) is 33.4 Å². The number of nitrogens with one attached hydrogen (secondary N) is 1. The molecule has 1 aromatic rings. The first-order valence-electron chi connectivity index (χ1n) is 10.5. The minimum atomic E-state index is 0. The normalized spacial score (nSPS) is 14.8. The third kappa shape index (κ3) is 8.47. The lowest BCUT2D eigenvalue weighted by Gasteiger charge is -2.26. The van der Waals surface area contributed by atoms with Crippen LogP contribution in [0.1, 0.15) is 31.4 Å². The Bertz CT molecular complexity index is 653. The van der Waals surface area contributed by atoms with E-state index in [1.807, 2.05) is 12.1 Å². The van der Waals surface area contributed by atoms with E-state index in [1.165, 1.54) is 12.8 Å². The van der Waals surface area contributed by atoms with E-state index in [2.05, 4.69) is 49.2 Å². The van der Waals surface area contributed by atoms with E-state index in [0.717, 1.165) is 55.2 Å². The molecule has 1 atom stereocenters. The van der Waals surface area contributed by atoms with E-state index in [1.54, 1.807) is 14.2 Å². The second-order valence-electron chi connectivity index (χ2n) is 7.73. The summed E-state index contributed by atoms with van der Waals surface area (Å²) in [4.78, 5) is 9.21. The van der Waals surface area contributed by atoms with Crippen molar-refractivity contribution in [1.82, 2.24) is 15.1 Å². The fraction of sp³-hybridized carbons (Fsp3) is 0.682. The number of aliphatic imine (C=N–C) groups is 1. The summed E-state index contributed by atoms with van der Waals surface area (Å²) >= 11 is 0. The van der Waals surface area contributed by atoms with Crippen molar-refractivity contribution >= 4 is 29.9 Å². The molecular formula is C22H39IN4O3. The molecule has 0 saturated heterocycles. The summed E-state index contributed by atoms with van der Waals surface area (Å²) in [5.74, 6) is 3.16. The molecule has 1 unspecified atom stereocenters. The van der Waals surface area contributed by atoms with Gasteiger partial charge in [-0.25, -0.2) is 0 Å². The van der Waals surface area contributed by atoms with Crippen LogP contribution in [0.4, 0.5) is 0 Å². The van der Waals surface area contributed by atoms with Crippen LogP contribution in [0.3, 0.4) is 0 Å². The molecule has 0 bridgehead atoms. The molecular weight excluding hydrogens is 495 g/mol. The molecule has 30 heavy (non-hydrogen) atoms. The summed E-state index contributed by atoms with van der Waals surface area (Å²) in [6, 6.07) is 6.18. The third-order valence-corrected chi connectivity index (χ3v) is 5.15. The van der Waals surface area contributed by atoms with Gasteiger partial charge in [0.1, 0.15) is 0 Å². The van der Waals surface area contributed by atoms with Crippen LogP contribution in [0, 0.1) is 5.92 Å². The van der Waals surface area contributed by atoms with Crippen molar-refractivity contribution in [3.63, 3.8) is 0 Å². The van der Waals surface area contributed by atoms with Crippen molar-refractivity contribution in [1.29, 1.82) is 0 Å². The van der Waals surface area contributed by atoms with E-state index in [0.29, 0.717) is 6.54 Å². The summed E-state index contributed by atoms with van der Waals surface area (Å²) < 4.78 is 16.6. The standard InChI is InChI=1S/C22H38N4O3.HI/c1-7-23-22(26(4)12-13-29-16-17-8-9-17)24-15-19(25(2)3)18-10-11-20(27-5)21(14-18)28-6;/h10-11,14,17,19H,7-9,12-13,15-16H2,1-6H3,(H,23,24);1H. The van der Waals surface area contributed by atoms with Crippen molar-refractivity contribution in [3.8, 4) is 11.5 Å². The molecule has 0 aromatic heterocycles. The molecule has 0 aliphatic heterocycles. The number of halogens is 1. The highest BCUT2D eigenvalue weighted by Crippen LogP contribution is 2.31. The lowest BCUT2D eigenvalue weighted by atomic mass is 10.1. The number of hydrogen-bond donors (Lipinski definition) is 1. The molecule has 0 amide bonds. The Labute approximate surface area is 199 Å². The third-order valence-electron chi connectivity index (χ3n) is 5.15. The number of rotatable bonds is 12. The Morgan fingerprint density at radius 2 is 1.87 bits per heavy atom. The van der Waals surface area contributed by atoms with Crippen molar-refractivity contribution in [2.45, 2.75) is 25.8 Å². The Kier molecular flexibility index (Phi) is 12.4. The molecule has 1 saturated carbocycles. The first-order valence-corrected chi connectivity index (χ1v) is 10.5. The zero-order valence-electron chi connectivity index (χ0n) is 19.3. The van der Waals surface area contributed by atoms with Gasteiger partial charge in [0.25, 0.3) is 0 Å². The van der Waals surface area contributed by atoms with Gasteiger partial charge in [-0.1, -0.05) is 6.07 Å². The van der Waals surface area contributed by atoms with Crippen molar-refractivity contribution in [3.05, 3.63) is 23.8 Å². The molecule has 1 N–H and O–H groups in total. The molecule has 1 aliphatic carbocycles. The maximum absolute atomic E-state index is 5.78. The van der Waals surface area contributed by atoms with Crippen LogP contribution in [-0.4, -0.2) is 84.0 Å². The first kappa shape index (κ1) is 26.8. The van der Waals surface area contributed by atoms with Gasteiger partial charge in [0.15, 0.2) is 17.5 Å². The topological polar surface area (TPSA) is 58.6 Å². The highest BCUT2D eigenvalue weighted by atomic mass is 127. The minimum Gasteiger partial charge on any atom is -0.493 e. The fourth-order valence-electron chi connectivity index (χ4n) is 3.11. The number of nitrogens with zero attached hydrogens (tertiary/aromatic N) is 3. The average Bonchev–Trinajstić information content (AvgIpc) is 3.54. The van der Waals surface area contributed by atoms with Gasteiger partial charge < -0.3 is 29.3 Å². The highest BCUT2D eigenvalue weighted by Gasteiger charge is 2.21. The highest BCUT2D eigenvalue weighted by molar-refractivity contribution is 14.0. The van der Waals surface area contributed by atoms with Gasteiger partial charge in [0.2, 0.25) is 0 Å². The van der Waals surface area contributed by atoms with Crippen LogP contribution in [0.5, 0.6) is 11.5 Å². The Balaban J connectivity index is 0.00000450. The molecule has 1 aliphatic rings. The van der Waals surface area contributed by atoms with E-state index in [9.17, 15) is 0 Å². The maximum atomic E-state index is 5.78. The summed E-state index contributed by atoms with van der Waals surface area (Å²) in [6.07, 6.45) is 2.64. The van der Waals surface area contributed by atoms with Crippen LogP contribution in [0.25, 0.3) is 0 Å². The van der Waals surface area contributed by atoms with Gasteiger partial charge in [-0.3, -0.25) is 4.99 Å². The van der Waals surface area contributed by atoms with E-state index in [-0.39, 0.29) is 30.0 Å². The summed E-state index contributed by atoms with van der Waals surface area (Å²) in [7, 11) is 9.51. The van der Waals surface area contributed by atoms with Crippen LogP contribution in [-0.2, 0) is 4.74 Å². The monoisotopic (exact) mass is 534 g/mol. The van der Waals surface area contributed by atoms with Crippen molar-refractivity contribution in [2.24, 2.45) is 10.9 Å². The molecule has 0 spiro atoms. The van der Waals surface area contributed by atoms with Crippen molar-refractivity contribution < 1.29 is 14.2 Å². The van der Waals surface area contributed by atoms with Gasteiger partial charge in [0, 0.05) is 26.7 Å². The second kappa shape index (κ2) is 13.9. The predicted molar refractivity (Wildman–Crippen MR) is 134 cm³/mol. The zero-order chi connectivity index (χ0) is 21.2. The Morgan fingerprint density at radius 3 is 2.43 bits per heavy atom. The first-order chi connectivity index (χ1) is 14.0.